The van der Waals surface area contributed by atoms with Crippen LogP contribution in [0.3, 0.4) is 0 Å². The van der Waals surface area contributed by atoms with E-state index in [0.29, 0.717) is 17.9 Å². The minimum Gasteiger partial charge on any atom is -0.872 e. The molecule has 3 rings (SSSR count). The van der Waals surface area contributed by atoms with Gasteiger partial charge in [0.15, 0.2) is 0 Å². The van der Waals surface area contributed by atoms with Crippen molar-refractivity contribution in [1.82, 2.24) is 4.90 Å². The zero-order chi connectivity index (χ0) is 25.2. The van der Waals surface area contributed by atoms with Crippen LogP contribution in [0.25, 0.3) is 5.76 Å². The zero-order valence-electron chi connectivity index (χ0n) is 21.3. The molecule has 1 amide bonds. The summed E-state index contributed by atoms with van der Waals surface area (Å²) in [6.45, 7) is 9.52. The third kappa shape index (κ3) is 5.17. The van der Waals surface area contributed by atoms with E-state index in [2.05, 4.69) is 20.8 Å². The molecule has 0 bridgehead atoms. The smallest absolute Gasteiger partial charge is 0.295 e. The van der Waals surface area contributed by atoms with Gasteiger partial charge in [0.1, 0.15) is 5.75 Å². The van der Waals surface area contributed by atoms with Crippen LogP contribution in [-0.4, -0.2) is 50.9 Å². The number of ether oxygens (including phenoxy) is 1. The maximum Gasteiger partial charge on any atom is 0.295 e. The summed E-state index contributed by atoms with van der Waals surface area (Å²) in [6, 6.07) is 12.3. The van der Waals surface area contributed by atoms with Gasteiger partial charge < -0.3 is 19.6 Å². The first-order valence-electron chi connectivity index (χ1n) is 11.8. The number of nitrogens with one attached hydrogen (secondary N) is 1. The molecule has 1 atom stereocenters. The molecule has 0 aliphatic carbocycles. The number of carbonyl (C=O) groups is 2. The molecule has 1 unspecified atom stereocenters. The molecule has 1 aliphatic heterocycles. The third-order valence-corrected chi connectivity index (χ3v) is 6.35. The second-order valence-electron chi connectivity index (χ2n) is 10.3. The van der Waals surface area contributed by atoms with E-state index in [-0.39, 0.29) is 11.0 Å². The molecular weight excluding hydrogens is 428 g/mol. The normalized spacial score (nSPS) is 18.1. The summed E-state index contributed by atoms with van der Waals surface area (Å²) in [7, 11) is 5.67. The first kappa shape index (κ1) is 25.5. The van der Waals surface area contributed by atoms with E-state index in [4.69, 9.17) is 4.74 Å². The SMILES string of the molecule is COc1ccc(C([O-])=C2C(=O)C(=O)N(CCC[NH+](C)C)C2c2ccc(C(C)(C)C)cc2)cc1C. The number of Topliss-reactive ketones (excluding diaryl/α,β-unsaturated/α-hetero) is 1. The predicted octanol–water partition coefficient (Wildman–Crippen LogP) is 2.06. The minimum atomic E-state index is -0.708. The average molecular weight is 465 g/mol. The Morgan fingerprint density at radius 1 is 1.09 bits per heavy atom. The van der Waals surface area contributed by atoms with Crippen LogP contribution in [0, 0.1) is 6.92 Å². The first-order valence-corrected chi connectivity index (χ1v) is 11.8. The van der Waals surface area contributed by atoms with Gasteiger partial charge in [-0.2, -0.15) is 0 Å². The molecule has 2 aromatic rings. The van der Waals surface area contributed by atoms with Crippen LogP contribution in [0.5, 0.6) is 5.75 Å². The molecule has 6 heteroatoms. The van der Waals surface area contributed by atoms with Crippen molar-refractivity contribution in [2.24, 2.45) is 0 Å². The van der Waals surface area contributed by atoms with Crippen LogP contribution in [-0.2, 0) is 15.0 Å². The lowest BCUT2D eigenvalue weighted by Gasteiger charge is -2.28. The van der Waals surface area contributed by atoms with Crippen LogP contribution >= 0.6 is 0 Å². The van der Waals surface area contributed by atoms with Crippen molar-refractivity contribution < 1.29 is 24.3 Å². The largest absolute Gasteiger partial charge is 0.872 e. The van der Waals surface area contributed by atoms with Gasteiger partial charge in [0.05, 0.1) is 33.8 Å². The maximum atomic E-state index is 13.6. The van der Waals surface area contributed by atoms with E-state index in [0.717, 1.165) is 29.7 Å². The summed E-state index contributed by atoms with van der Waals surface area (Å²) in [4.78, 5) is 29.1. The number of nitrogens with zero attached hydrogens (tertiary/aromatic N) is 1. The van der Waals surface area contributed by atoms with E-state index in [1.807, 2.05) is 45.3 Å². The summed E-state index contributed by atoms with van der Waals surface area (Å²) >= 11 is 0. The van der Waals surface area contributed by atoms with Crippen molar-refractivity contribution in [3.8, 4) is 5.75 Å². The summed E-state index contributed by atoms with van der Waals surface area (Å²) in [5.41, 5.74) is 3.09. The number of quaternary nitrogens is 1. The lowest BCUT2D eigenvalue weighted by Crippen LogP contribution is -3.05. The van der Waals surface area contributed by atoms with Crippen LogP contribution in [0.4, 0.5) is 0 Å². The van der Waals surface area contributed by atoms with Gasteiger partial charge in [-0.15, -0.1) is 0 Å². The van der Waals surface area contributed by atoms with E-state index in [1.165, 1.54) is 4.90 Å². The Bertz CT molecular complexity index is 1090. The summed E-state index contributed by atoms with van der Waals surface area (Å²) in [6.07, 6.45) is 0.737. The number of amides is 1. The predicted molar refractivity (Wildman–Crippen MR) is 132 cm³/mol. The molecule has 1 fully saturated rings. The number of hydrogen-bond acceptors (Lipinski definition) is 4. The van der Waals surface area contributed by atoms with Gasteiger partial charge in [-0.25, -0.2) is 0 Å². The molecule has 1 aliphatic rings. The van der Waals surface area contributed by atoms with Gasteiger partial charge in [-0.1, -0.05) is 56.9 Å². The Kier molecular flexibility index (Phi) is 7.51. The number of aryl methyl sites for hydroxylation is 1. The van der Waals surface area contributed by atoms with Gasteiger partial charge >= 0.3 is 0 Å². The van der Waals surface area contributed by atoms with Crippen LogP contribution < -0.4 is 14.7 Å². The maximum absolute atomic E-state index is 13.6. The number of methoxy groups -OCH3 is 1. The summed E-state index contributed by atoms with van der Waals surface area (Å²) in [5.74, 6) is -1.06. The second-order valence-corrected chi connectivity index (χ2v) is 10.3. The number of benzene rings is 2. The highest BCUT2D eigenvalue weighted by Crippen LogP contribution is 2.39. The first-order chi connectivity index (χ1) is 16.0. The average Bonchev–Trinajstić information content (AvgIpc) is 3.02. The molecule has 1 N–H and O–H groups in total. The zero-order valence-corrected chi connectivity index (χ0v) is 21.3. The van der Waals surface area contributed by atoms with Crippen molar-refractivity contribution in [3.63, 3.8) is 0 Å². The Hall–Kier alpha value is -3.12. The highest BCUT2D eigenvalue weighted by Gasteiger charge is 2.44. The Balaban J connectivity index is 2.11. The lowest BCUT2D eigenvalue weighted by molar-refractivity contribution is -0.858. The number of hydrogen-bond donors (Lipinski definition) is 1. The second kappa shape index (κ2) is 10.0. The summed E-state index contributed by atoms with van der Waals surface area (Å²) < 4.78 is 5.30. The topological polar surface area (TPSA) is 74.1 Å². The van der Waals surface area contributed by atoms with E-state index >= 15 is 0 Å². The van der Waals surface area contributed by atoms with Crippen molar-refractivity contribution >= 4 is 17.4 Å². The molecule has 1 saturated heterocycles. The number of ketones is 1. The Morgan fingerprint density at radius 2 is 1.74 bits per heavy atom. The van der Waals surface area contributed by atoms with Crippen LogP contribution in [0.1, 0.15) is 55.5 Å². The molecule has 6 nitrogen and oxygen atoms in total. The molecule has 2 aromatic carbocycles. The van der Waals surface area contributed by atoms with E-state index in [1.54, 1.807) is 30.2 Å². The highest BCUT2D eigenvalue weighted by molar-refractivity contribution is 6.46. The molecule has 0 aromatic heterocycles. The fraction of sp³-hybridized carbons (Fsp3) is 0.429. The standard InChI is InChI=1S/C28H36N2O4/c1-18-17-20(11-14-22(18)34-7)25(31)23-24(19-9-12-21(13-10-19)28(2,3)4)30(27(33)26(23)32)16-8-15-29(5)6/h9-14,17,24,31H,8,15-16H2,1-7H3. The molecule has 0 radical (unpaired) electrons. The molecule has 34 heavy (non-hydrogen) atoms. The number of likely N-dealkylation sites (tertiary alicyclic amines) is 1. The summed E-state index contributed by atoms with van der Waals surface area (Å²) in [5, 5.41) is 13.6. The fourth-order valence-electron chi connectivity index (χ4n) is 4.39. The molecular formula is C28H36N2O4. The lowest BCUT2D eigenvalue weighted by atomic mass is 9.85. The number of carbonyl (C=O) groups excluding carboxylic acids is 2. The van der Waals surface area contributed by atoms with Crippen LogP contribution in [0.2, 0.25) is 0 Å². The van der Waals surface area contributed by atoms with Crippen molar-refractivity contribution in [3.05, 3.63) is 70.3 Å². The van der Waals surface area contributed by atoms with E-state index in [9.17, 15) is 14.7 Å². The van der Waals surface area contributed by atoms with Gasteiger partial charge in [-0.3, -0.25) is 9.59 Å². The van der Waals surface area contributed by atoms with Crippen molar-refractivity contribution in [1.29, 1.82) is 0 Å². The highest BCUT2D eigenvalue weighted by atomic mass is 16.5. The third-order valence-electron chi connectivity index (χ3n) is 6.35. The molecule has 182 valence electrons. The van der Waals surface area contributed by atoms with Gasteiger partial charge in [0.2, 0.25) is 5.78 Å². The molecule has 0 spiro atoms. The molecule has 1 heterocycles. The number of rotatable bonds is 7. The quantitative estimate of drug-likeness (QED) is 0.387. The molecule has 0 saturated carbocycles. The Morgan fingerprint density at radius 3 is 2.26 bits per heavy atom. The van der Waals surface area contributed by atoms with Crippen molar-refractivity contribution in [2.75, 3.05) is 34.3 Å². The monoisotopic (exact) mass is 464 g/mol. The minimum absolute atomic E-state index is 0.0234. The van der Waals surface area contributed by atoms with Gasteiger partial charge in [0.25, 0.3) is 5.91 Å². The van der Waals surface area contributed by atoms with Crippen LogP contribution in [0.15, 0.2) is 48.0 Å². The van der Waals surface area contributed by atoms with Gasteiger partial charge in [0, 0.05) is 18.5 Å². The van der Waals surface area contributed by atoms with E-state index < -0.39 is 23.5 Å². The fourth-order valence-corrected chi connectivity index (χ4v) is 4.39. The van der Waals surface area contributed by atoms with Crippen molar-refractivity contribution in [2.45, 2.75) is 45.6 Å². The van der Waals surface area contributed by atoms with Gasteiger partial charge in [-0.05, 0) is 46.7 Å². The Labute approximate surface area is 202 Å².